The molecular weight excluding hydrogens is 423 g/mol. The van der Waals surface area contributed by atoms with Crippen LogP contribution < -0.4 is 0 Å². The van der Waals surface area contributed by atoms with Crippen LogP contribution in [0, 0.1) is 5.82 Å². The quantitative estimate of drug-likeness (QED) is 0.620. The van der Waals surface area contributed by atoms with Gasteiger partial charge in [-0.05, 0) is 35.6 Å². The summed E-state index contributed by atoms with van der Waals surface area (Å²) in [6.45, 7) is 1.10. The third kappa shape index (κ3) is 4.04. The van der Waals surface area contributed by atoms with E-state index in [-0.39, 0.29) is 36.6 Å². The maximum Gasteiger partial charge on any atom is 0.273 e. The van der Waals surface area contributed by atoms with Crippen molar-refractivity contribution in [3.8, 4) is 0 Å². The van der Waals surface area contributed by atoms with E-state index in [1.165, 1.54) is 17.0 Å². The molecule has 0 N–H and O–H groups in total. The van der Waals surface area contributed by atoms with E-state index in [2.05, 4.69) is 4.98 Å². The molecule has 0 radical (unpaired) electrons. The lowest BCUT2D eigenvalue weighted by Gasteiger charge is -2.39. The van der Waals surface area contributed by atoms with E-state index < -0.39 is 6.04 Å². The monoisotopic (exact) mass is 446 g/mol. The molecule has 2 saturated heterocycles. The highest BCUT2D eigenvalue weighted by molar-refractivity contribution is 6.05. The Balaban J connectivity index is 1.34. The molecule has 3 heterocycles. The summed E-state index contributed by atoms with van der Waals surface area (Å²) in [5.74, 6) is -0.913. The van der Waals surface area contributed by atoms with E-state index in [9.17, 15) is 18.8 Å². The van der Waals surface area contributed by atoms with Gasteiger partial charge in [-0.2, -0.15) is 0 Å². The highest BCUT2D eigenvalue weighted by atomic mass is 19.1. The first-order valence-electron chi connectivity index (χ1n) is 11.0. The lowest BCUT2D eigenvalue weighted by molar-refractivity contribution is -0.156. The van der Waals surface area contributed by atoms with Crippen LogP contribution in [0.4, 0.5) is 4.39 Å². The molecule has 2 aliphatic heterocycles. The van der Waals surface area contributed by atoms with Crippen molar-refractivity contribution in [2.45, 2.75) is 19.0 Å². The van der Waals surface area contributed by atoms with Gasteiger partial charge in [-0.25, -0.2) is 4.39 Å². The first kappa shape index (κ1) is 21.1. The molecule has 7 nitrogen and oxygen atoms in total. The second-order valence-electron chi connectivity index (χ2n) is 8.39. The summed E-state index contributed by atoms with van der Waals surface area (Å²) in [6, 6.07) is 14.8. The van der Waals surface area contributed by atoms with Crippen LogP contribution in [0.5, 0.6) is 0 Å². The minimum absolute atomic E-state index is 0.0509. The Morgan fingerprint density at radius 3 is 2.73 bits per heavy atom. The molecule has 5 rings (SSSR count). The molecule has 0 aliphatic carbocycles. The van der Waals surface area contributed by atoms with Crippen molar-refractivity contribution in [1.29, 1.82) is 0 Å². The Morgan fingerprint density at radius 1 is 1.03 bits per heavy atom. The molecule has 8 heteroatoms. The van der Waals surface area contributed by atoms with Gasteiger partial charge in [-0.3, -0.25) is 19.4 Å². The van der Waals surface area contributed by atoms with Gasteiger partial charge >= 0.3 is 0 Å². The van der Waals surface area contributed by atoms with Gasteiger partial charge in [0.15, 0.2) is 0 Å². The number of halogens is 1. The Labute approximate surface area is 190 Å². The molecular formula is C25H23FN4O3. The van der Waals surface area contributed by atoms with Gasteiger partial charge in [-0.15, -0.1) is 0 Å². The van der Waals surface area contributed by atoms with Crippen LogP contribution in [0.3, 0.4) is 0 Å². The third-order valence-electron chi connectivity index (χ3n) is 6.33. The fourth-order valence-electron chi connectivity index (χ4n) is 4.66. The molecule has 2 aromatic carbocycles. The summed E-state index contributed by atoms with van der Waals surface area (Å²) in [5, 5.41) is 1.71. The lowest BCUT2D eigenvalue weighted by atomic mass is 10.1. The number of piperazine rings is 1. The fraction of sp³-hybridized carbons (Fsp3) is 0.280. The summed E-state index contributed by atoms with van der Waals surface area (Å²) < 4.78 is 13.6. The highest BCUT2D eigenvalue weighted by Gasteiger charge is 2.41. The normalized spacial score (nSPS) is 18.9. The van der Waals surface area contributed by atoms with E-state index >= 15 is 0 Å². The molecule has 2 aliphatic rings. The molecule has 0 bridgehead atoms. The second kappa shape index (κ2) is 8.61. The first-order chi connectivity index (χ1) is 16.0. The summed E-state index contributed by atoms with van der Waals surface area (Å²) in [7, 11) is 0. The zero-order valence-electron chi connectivity index (χ0n) is 18.0. The molecule has 1 aromatic heterocycles. The fourth-order valence-corrected chi connectivity index (χ4v) is 4.66. The Hall–Kier alpha value is -3.81. The minimum atomic E-state index is -0.627. The molecule has 3 aromatic rings. The first-order valence-corrected chi connectivity index (χ1v) is 11.0. The van der Waals surface area contributed by atoms with Crippen LogP contribution in [0.1, 0.15) is 22.5 Å². The molecule has 3 amide bonds. The number of carbonyl (C=O) groups is 3. The molecule has 2 fully saturated rings. The number of benzene rings is 2. The summed E-state index contributed by atoms with van der Waals surface area (Å²) in [5.41, 5.74) is 1.01. The molecule has 0 saturated carbocycles. The molecule has 1 unspecified atom stereocenters. The molecule has 33 heavy (non-hydrogen) atoms. The average molecular weight is 446 g/mol. The number of nitrogens with zero attached hydrogens (tertiary/aromatic N) is 4. The number of fused-ring (bicyclic) bond motifs is 2. The van der Waals surface area contributed by atoms with Gasteiger partial charge in [0.25, 0.3) is 5.91 Å². The zero-order valence-corrected chi connectivity index (χ0v) is 18.0. The summed E-state index contributed by atoms with van der Waals surface area (Å²) in [6.07, 6.45) is 1.97. The van der Waals surface area contributed by atoms with Crippen LogP contribution in [0.2, 0.25) is 0 Å². The van der Waals surface area contributed by atoms with Crippen molar-refractivity contribution in [2.75, 3.05) is 26.2 Å². The number of pyridine rings is 1. The van der Waals surface area contributed by atoms with E-state index in [0.717, 1.165) is 10.8 Å². The van der Waals surface area contributed by atoms with Crippen LogP contribution in [-0.4, -0.2) is 69.6 Å². The number of hydrogen-bond donors (Lipinski definition) is 0. The van der Waals surface area contributed by atoms with Crippen molar-refractivity contribution < 1.29 is 18.8 Å². The van der Waals surface area contributed by atoms with Crippen LogP contribution in [0.25, 0.3) is 10.8 Å². The SMILES string of the molecule is O=C(c1nccc2ccccc12)N1CCC2C(=O)N(Cc3cccc(F)c3)CC(=O)N2CC1. The standard InChI is InChI=1S/C25H23FN4O3/c26-19-6-3-4-17(14-19)15-29-16-22(31)30-13-12-28(11-9-21(30)24(29)32)25(33)23-20-7-2-1-5-18(20)8-10-27-23/h1-8,10,14,21H,9,11-13,15-16H2. The van der Waals surface area contributed by atoms with Crippen LogP contribution in [0.15, 0.2) is 60.8 Å². The van der Waals surface area contributed by atoms with E-state index in [0.29, 0.717) is 37.3 Å². The van der Waals surface area contributed by atoms with Gasteiger partial charge in [-0.1, -0.05) is 36.4 Å². The highest BCUT2D eigenvalue weighted by Crippen LogP contribution is 2.23. The second-order valence-corrected chi connectivity index (χ2v) is 8.39. The van der Waals surface area contributed by atoms with Crippen molar-refractivity contribution in [3.63, 3.8) is 0 Å². The molecule has 168 valence electrons. The average Bonchev–Trinajstić information content (AvgIpc) is 3.05. The number of hydrogen-bond acceptors (Lipinski definition) is 4. The summed E-state index contributed by atoms with van der Waals surface area (Å²) >= 11 is 0. The minimum Gasteiger partial charge on any atom is -0.335 e. The number of amides is 3. The molecule has 1 atom stereocenters. The van der Waals surface area contributed by atoms with Crippen molar-refractivity contribution in [2.24, 2.45) is 0 Å². The summed E-state index contributed by atoms with van der Waals surface area (Å²) in [4.78, 5) is 48.4. The van der Waals surface area contributed by atoms with Gasteiger partial charge in [0, 0.05) is 37.8 Å². The van der Waals surface area contributed by atoms with Crippen molar-refractivity contribution >= 4 is 28.5 Å². The number of carbonyl (C=O) groups excluding carboxylic acids is 3. The number of rotatable bonds is 3. The zero-order chi connectivity index (χ0) is 22.9. The largest absolute Gasteiger partial charge is 0.335 e. The van der Waals surface area contributed by atoms with E-state index in [1.54, 1.807) is 28.1 Å². The van der Waals surface area contributed by atoms with Crippen LogP contribution in [-0.2, 0) is 16.1 Å². The van der Waals surface area contributed by atoms with Crippen molar-refractivity contribution in [3.05, 3.63) is 77.9 Å². The van der Waals surface area contributed by atoms with Crippen LogP contribution >= 0.6 is 0 Å². The lowest BCUT2D eigenvalue weighted by Crippen LogP contribution is -2.59. The topological polar surface area (TPSA) is 73.8 Å². The maximum atomic E-state index is 13.6. The van der Waals surface area contributed by atoms with E-state index in [1.807, 2.05) is 30.3 Å². The number of aromatic nitrogens is 1. The maximum absolute atomic E-state index is 13.6. The van der Waals surface area contributed by atoms with E-state index in [4.69, 9.17) is 0 Å². The van der Waals surface area contributed by atoms with Crippen molar-refractivity contribution in [1.82, 2.24) is 19.7 Å². The van der Waals surface area contributed by atoms with Gasteiger partial charge in [0.05, 0.1) is 0 Å². The van der Waals surface area contributed by atoms with Gasteiger partial charge in [0.1, 0.15) is 24.1 Å². The predicted octanol–water partition coefficient (Wildman–Crippen LogP) is 2.46. The third-order valence-corrected chi connectivity index (χ3v) is 6.33. The Morgan fingerprint density at radius 2 is 1.88 bits per heavy atom. The predicted molar refractivity (Wildman–Crippen MR) is 120 cm³/mol. The van der Waals surface area contributed by atoms with Gasteiger partial charge in [0.2, 0.25) is 11.8 Å². The smallest absolute Gasteiger partial charge is 0.273 e. The Kier molecular flexibility index (Phi) is 5.50. The Bertz CT molecular complexity index is 1240. The molecule has 0 spiro atoms. The van der Waals surface area contributed by atoms with Gasteiger partial charge < -0.3 is 14.7 Å².